The number of furan rings is 1. The van der Waals surface area contributed by atoms with E-state index in [9.17, 15) is 0 Å². The van der Waals surface area contributed by atoms with Gasteiger partial charge in [0.15, 0.2) is 0 Å². The fraction of sp³-hybridized carbons (Fsp3) is 0. The minimum atomic E-state index is 0.619. The lowest BCUT2D eigenvalue weighted by molar-refractivity contribution is 0.669. The highest BCUT2D eigenvalue weighted by atomic mass is 35.5. The Morgan fingerprint density at radius 1 is 0.425 bits per heavy atom. The summed E-state index contributed by atoms with van der Waals surface area (Å²) in [6, 6.07) is 51.9. The summed E-state index contributed by atoms with van der Waals surface area (Å²) in [6.45, 7) is 0. The van der Waals surface area contributed by atoms with Gasteiger partial charge in [0.25, 0.3) is 0 Å². The van der Waals surface area contributed by atoms with Crippen LogP contribution in [0.3, 0.4) is 0 Å². The molecule has 0 amide bonds. The number of para-hydroxylation sites is 4. The van der Waals surface area contributed by atoms with E-state index >= 15 is 0 Å². The second-order valence-electron chi connectivity index (χ2n) is 9.59. The fourth-order valence-corrected chi connectivity index (χ4v) is 5.54. The molecular formula is C36H25ClN2O. The maximum atomic E-state index is 6.72. The summed E-state index contributed by atoms with van der Waals surface area (Å²) in [5, 5.41) is 2.65. The van der Waals surface area contributed by atoms with Crippen LogP contribution < -0.4 is 9.80 Å². The highest BCUT2D eigenvalue weighted by molar-refractivity contribution is 6.32. The van der Waals surface area contributed by atoms with Crippen LogP contribution in [0.4, 0.5) is 34.1 Å². The maximum absolute atomic E-state index is 6.72. The molecule has 0 saturated carbocycles. The molecule has 0 fully saturated rings. The number of anilines is 6. The first kappa shape index (κ1) is 24.1. The van der Waals surface area contributed by atoms with Crippen LogP contribution in [-0.4, -0.2) is 0 Å². The molecule has 0 aliphatic rings. The summed E-state index contributed by atoms with van der Waals surface area (Å²) in [7, 11) is 0. The van der Waals surface area contributed by atoms with Gasteiger partial charge < -0.3 is 14.2 Å². The average molecular weight is 537 g/mol. The van der Waals surface area contributed by atoms with E-state index in [2.05, 4.69) is 125 Å². The van der Waals surface area contributed by atoms with E-state index in [0.29, 0.717) is 5.02 Å². The first-order valence-electron chi connectivity index (χ1n) is 13.2. The molecule has 4 heteroatoms. The van der Waals surface area contributed by atoms with E-state index in [0.717, 1.165) is 56.1 Å². The first-order valence-corrected chi connectivity index (χ1v) is 13.6. The normalized spacial score (nSPS) is 11.1. The molecule has 1 heterocycles. The SMILES string of the molecule is Clc1cc(N(c2ccccc2)c2ccccc2)c2c(c1)oc1ccc(N(c3ccccc3)c3ccccc3)cc12. The topological polar surface area (TPSA) is 19.6 Å². The third-order valence-corrected chi connectivity index (χ3v) is 7.27. The molecule has 0 spiro atoms. The van der Waals surface area contributed by atoms with E-state index in [1.54, 1.807) is 0 Å². The Morgan fingerprint density at radius 2 is 0.900 bits per heavy atom. The molecule has 0 unspecified atom stereocenters. The standard InChI is InChI=1S/C36H25ClN2O/c37-26-23-33(39(29-17-9-3-10-18-29)30-19-11-4-12-20-30)36-32-25-31(21-22-34(32)40-35(36)24-26)38(27-13-5-1-6-14-27)28-15-7-2-8-16-28/h1-25H. The Morgan fingerprint density at radius 3 is 1.40 bits per heavy atom. The summed E-state index contributed by atoms with van der Waals surface area (Å²) in [5.74, 6) is 0. The molecule has 3 nitrogen and oxygen atoms in total. The highest BCUT2D eigenvalue weighted by Crippen LogP contribution is 2.46. The average Bonchev–Trinajstić information content (AvgIpc) is 3.37. The third-order valence-electron chi connectivity index (χ3n) is 7.06. The van der Waals surface area contributed by atoms with Gasteiger partial charge in [-0.3, -0.25) is 0 Å². The molecule has 192 valence electrons. The van der Waals surface area contributed by atoms with Gasteiger partial charge in [-0.1, -0.05) is 84.4 Å². The van der Waals surface area contributed by atoms with Gasteiger partial charge in [0.1, 0.15) is 11.2 Å². The molecular weight excluding hydrogens is 512 g/mol. The summed E-state index contributed by atoms with van der Waals surface area (Å²) in [6.07, 6.45) is 0. The second kappa shape index (κ2) is 10.3. The molecule has 0 aliphatic carbocycles. The number of rotatable bonds is 6. The molecule has 40 heavy (non-hydrogen) atoms. The smallest absolute Gasteiger partial charge is 0.139 e. The number of fused-ring (bicyclic) bond motifs is 3. The van der Waals surface area contributed by atoms with Crippen molar-refractivity contribution in [3.63, 3.8) is 0 Å². The predicted molar refractivity (Wildman–Crippen MR) is 168 cm³/mol. The fourth-order valence-electron chi connectivity index (χ4n) is 5.34. The van der Waals surface area contributed by atoms with E-state index in [4.69, 9.17) is 16.0 Å². The largest absolute Gasteiger partial charge is 0.456 e. The zero-order valence-electron chi connectivity index (χ0n) is 21.6. The van der Waals surface area contributed by atoms with Gasteiger partial charge >= 0.3 is 0 Å². The summed E-state index contributed by atoms with van der Waals surface area (Å²) >= 11 is 6.72. The quantitative estimate of drug-likeness (QED) is 0.211. The number of halogens is 1. The van der Waals surface area contributed by atoms with Crippen molar-refractivity contribution in [3.8, 4) is 0 Å². The lowest BCUT2D eigenvalue weighted by atomic mass is 10.1. The predicted octanol–water partition coefficient (Wildman–Crippen LogP) is 11.2. The Labute approximate surface area is 238 Å². The monoisotopic (exact) mass is 536 g/mol. The second-order valence-corrected chi connectivity index (χ2v) is 10.0. The molecule has 0 bridgehead atoms. The molecule has 6 aromatic carbocycles. The zero-order valence-corrected chi connectivity index (χ0v) is 22.4. The Kier molecular flexibility index (Phi) is 6.19. The van der Waals surface area contributed by atoms with Crippen molar-refractivity contribution >= 4 is 67.7 Å². The minimum Gasteiger partial charge on any atom is -0.456 e. The summed E-state index contributed by atoms with van der Waals surface area (Å²) in [4.78, 5) is 4.50. The Hall–Kier alpha value is -4.99. The Balaban J connectivity index is 1.50. The molecule has 7 aromatic rings. The Bertz CT molecular complexity index is 1820. The van der Waals surface area contributed by atoms with Crippen LogP contribution >= 0.6 is 11.6 Å². The first-order chi connectivity index (χ1) is 19.8. The van der Waals surface area contributed by atoms with Crippen LogP contribution in [0.15, 0.2) is 156 Å². The molecule has 0 saturated heterocycles. The van der Waals surface area contributed by atoms with Crippen molar-refractivity contribution in [1.82, 2.24) is 0 Å². The van der Waals surface area contributed by atoms with Gasteiger partial charge in [-0.15, -0.1) is 0 Å². The van der Waals surface area contributed by atoms with Crippen LogP contribution in [-0.2, 0) is 0 Å². The van der Waals surface area contributed by atoms with Gasteiger partial charge in [0.05, 0.1) is 11.1 Å². The number of hydrogen-bond donors (Lipinski definition) is 0. The molecule has 0 atom stereocenters. The maximum Gasteiger partial charge on any atom is 0.139 e. The van der Waals surface area contributed by atoms with Crippen LogP contribution in [0, 0.1) is 0 Å². The number of hydrogen-bond acceptors (Lipinski definition) is 3. The highest BCUT2D eigenvalue weighted by Gasteiger charge is 2.21. The summed E-state index contributed by atoms with van der Waals surface area (Å²) in [5.41, 5.74) is 7.80. The third kappa shape index (κ3) is 4.37. The van der Waals surface area contributed by atoms with E-state index in [1.807, 2.05) is 36.4 Å². The molecule has 1 aromatic heterocycles. The molecule has 7 rings (SSSR count). The zero-order chi connectivity index (χ0) is 26.9. The van der Waals surface area contributed by atoms with Crippen molar-refractivity contribution in [2.75, 3.05) is 9.80 Å². The summed E-state index contributed by atoms with van der Waals surface area (Å²) < 4.78 is 6.41. The van der Waals surface area contributed by atoms with E-state index in [1.165, 1.54) is 0 Å². The van der Waals surface area contributed by atoms with Crippen molar-refractivity contribution in [1.29, 1.82) is 0 Å². The van der Waals surface area contributed by atoms with Crippen molar-refractivity contribution < 1.29 is 4.42 Å². The van der Waals surface area contributed by atoms with Gasteiger partial charge in [-0.2, -0.15) is 0 Å². The van der Waals surface area contributed by atoms with Crippen molar-refractivity contribution in [2.24, 2.45) is 0 Å². The van der Waals surface area contributed by atoms with Crippen LogP contribution in [0.5, 0.6) is 0 Å². The molecule has 0 radical (unpaired) electrons. The lowest BCUT2D eigenvalue weighted by Gasteiger charge is -2.27. The van der Waals surface area contributed by atoms with Crippen LogP contribution in [0.25, 0.3) is 21.9 Å². The van der Waals surface area contributed by atoms with Gasteiger partial charge in [-0.05, 0) is 72.8 Å². The van der Waals surface area contributed by atoms with Gasteiger partial charge in [0.2, 0.25) is 0 Å². The van der Waals surface area contributed by atoms with Crippen LogP contribution in [0.1, 0.15) is 0 Å². The van der Waals surface area contributed by atoms with Crippen molar-refractivity contribution in [3.05, 3.63) is 157 Å². The van der Waals surface area contributed by atoms with E-state index in [-0.39, 0.29) is 0 Å². The minimum absolute atomic E-state index is 0.619. The van der Waals surface area contributed by atoms with Crippen LogP contribution in [0.2, 0.25) is 5.02 Å². The molecule has 0 N–H and O–H groups in total. The number of nitrogens with zero attached hydrogens (tertiary/aromatic N) is 2. The van der Waals surface area contributed by atoms with Crippen molar-refractivity contribution in [2.45, 2.75) is 0 Å². The number of benzene rings is 6. The lowest BCUT2D eigenvalue weighted by Crippen LogP contribution is -2.10. The molecule has 0 aliphatic heterocycles. The van der Waals surface area contributed by atoms with Gasteiger partial charge in [-0.25, -0.2) is 0 Å². The van der Waals surface area contributed by atoms with Gasteiger partial charge in [0, 0.05) is 44.9 Å². The van der Waals surface area contributed by atoms with E-state index < -0.39 is 0 Å².